The van der Waals surface area contributed by atoms with E-state index in [-0.39, 0.29) is 32.2 Å². The second-order valence-corrected chi connectivity index (χ2v) is 16.8. The topological polar surface area (TPSA) is 94.1 Å². The van der Waals surface area contributed by atoms with Gasteiger partial charge in [-0.25, -0.2) is 0 Å². The number of unbranched alkanes of at least 4 members (excludes halogenated alkanes) is 23. The van der Waals surface area contributed by atoms with E-state index < -0.39 is 13.9 Å². The summed E-state index contributed by atoms with van der Waals surface area (Å²) in [5, 5.41) is 0. The third-order valence-electron chi connectivity index (χ3n) is 9.07. The Kier molecular flexibility index (Phi) is 35.0. The lowest BCUT2D eigenvalue weighted by Gasteiger charge is -2.28. The average molecular weight is 744 g/mol. The molecule has 0 aliphatic carbocycles. The summed E-state index contributed by atoms with van der Waals surface area (Å²) >= 11 is 0. The summed E-state index contributed by atoms with van der Waals surface area (Å²) in [6.45, 7) is 4.72. The molecule has 0 radical (unpaired) electrons. The summed E-state index contributed by atoms with van der Waals surface area (Å²) in [4.78, 5) is 24.9. The molecule has 9 heteroatoms. The summed E-state index contributed by atoms with van der Waals surface area (Å²) in [5.74, 6) is -0.365. The average Bonchev–Trinajstić information content (AvgIpc) is 3.08. The van der Waals surface area contributed by atoms with Gasteiger partial charge in [0.25, 0.3) is 7.82 Å². The van der Waals surface area contributed by atoms with Gasteiger partial charge in [-0.3, -0.25) is 9.36 Å². The van der Waals surface area contributed by atoms with E-state index in [1.807, 2.05) is 27.2 Å². The Morgan fingerprint density at radius 1 is 0.608 bits per heavy atom. The standard InChI is InChI=1S/C42H82NO7P/c1-6-8-10-12-14-16-18-20-21-22-24-26-28-30-32-34-37-47-39-41(40-49-51(45,46)48-38-36-43(3,4)5)50-42(44)35-33-31-29-27-25-23-19-17-15-13-11-9-7-2/h17,19,34,37,41H,6-16,18,20-33,35-36,38-40H2,1-5H3/b19-17-,37-34-/t41-/m1/s1. The Hall–Kier alpha value is -1.18. The van der Waals surface area contributed by atoms with Gasteiger partial charge in [0.1, 0.15) is 19.8 Å². The van der Waals surface area contributed by atoms with Crippen LogP contribution in [0.2, 0.25) is 0 Å². The zero-order valence-electron chi connectivity index (χ0n) is 34.1. The first kappa shape index (κ1) is 49.8. The van der Waals surface area contributed by atoms with Crippen LogP contribution in [0.25, 0.3) is 0 Å². The number of likely N-dealkylation sites (N-methyl/N-ethyl adjacent to an activating group) is 1. The molecule has 0 saturated heterocycles. The van der Waals surface area contributed by atoms with E-state index in [1.54, 1.807) is 6.26 Å². The van der Waals surface area contributed by atoms with Gasteiger partial charge in [-0.15, -0.1) is 0 Å². The van der Waals surface area contributed by atoms with Crippen LogP contribution in [0.3, 0.4) is 0 Å². The first-order chi connectivity index (χ1) is 24.6. The third kappa shape index (κ3) is 39.9. The molecule has 0 heterocycles. The van der Waals surface area contributed by atoms with E-state index in [4.69, 9.17) is 18.5 Å². The predicted molar refractivity (Wildman–Crippen MR) is 213 cm³/mol. The molecule has 51 heavy (non-hydrogen) atoms. The number of carbonyl (C=O) groups is 1. The number of quaternary nitrogens is 1. The van der Waals surface area contributed by atoms with Crippen molar-refractivity contribution in [3.05, 3.63) is 24.5 Å². The molecule has 0 aromatic carbocycles. The van der Waals surface area contributed by atoms with Gasteiger partial charge < -0.3 is 27.9 Å². The van der Waals surface area contributed by atoms with Crippen molar-refractivity contribution in [3.8, 4) is 0 Å². The first-order valence-corrected chi connectivity index (χ1v) is 22.6. The van der Waals surface area contributed by atoms with E-state index in [2.05, 4.69) is 26.0 Å². The molecule has 0 amide bonds. The van der Waals surface area contributed by atoms with Gasteiger partial charge in [-0.1, -0.05) is 148 Å². The minimum Gasteiger partial charge on any atom is -0.756 e. The number of rotatable bonds is 39. The minimum absolute atomic E-state index is 0.0164. The minimum atomic E-state index is -4.54. The zero-order valence-corrected chi connectivity index (χ0v) is 35.0. The van der Waals surface area contributed by atoms with Gasteiger partial charge in [-0.2, -0.15) is 0 Å². The van der Waals surface area contributed by atoms with Crippen molar-refractivity contribution in [1.29, 1.82) is 0 Å². The number of phosphoric ester groups is 1. The van der Waals surface area contributed by atoms with E-state index in [0.717, 1.165) is 44.9 Å². The highest BCUT2D eigenvalue weighted by Crippen LogP contribution is 2.38. The smallest absolute Gasteiger partial charge is 0.306 e. The molecule has 0 saturated carbocycles. The molecule has 8 nitrogen and oxygen atoms in total. The van der Waals surface area contributed by atoms with E-state index >= 15 is 0 Å². The Morgan fingerprint density at radius 2 is 1.04 bits per heavy atom. The van der Waals surface area contributed by atoms with Crippen LogP contribution in [0.5, 0.6) is 0 Å². The number of hydrogen-bond acceptors (Lipinski definition) is 7. The normalized spacial score (nSPS) is 14.0. The molecular weight excluding hydrogens is 661 g/mol. The Balaban J connectivity index is 4.30. The molecule has 0 fully saturated rings. The molecule has 0 rings (SSSR count). The monoisotopic (exact) mass is 744 g/mol. The van der Waals surface area contributed by atoms with Crippen molar-refractivity contribution in [3.63, 3.8) is 0 Å². The molecule has 0 bridgehead atoms. The second kappa shape index (κ2) is 35.8. The molecule has 0 N–H and O–H groups in total. The summed E-state index contributed by atoms with van der Waals surface area (Å²) < 4.78 is 34.3. The molecule has 0 aromatic heterocycles. The fraction of sp³-hybridized carbons (Fsp3) is 0.881. The SMILES string of the molecule is CCCCCC/C=C\CCCCCCCC(=O)O[C@H](CO/C=C\CCCCCCCCCCCCCCCC)COP(=O)([O-])OCC[N+](C)(C)C. The van der Waals surface area contributed by atoms with Gasteiger partial charge in [0.05, 0.1) is 34.0 Å². The van der Waals surface area contributed by atoms with Crippen molar-refractivity contribution < 1.29 is 37.3 Å². The lowest BCUT2D eigenvalue weighted by molar-refractivity contribution is -0.870. The van der Waals surface area contributed by atoms with Crippen LogP contribution in [0.15, 0.2) is 24.5 Å². The number of hydrogen-bond donors (Lipinski definition) is 0. The number of ether oxygens (including phenoxy) is 2. The third-order valence-corrected chi connectivity index (χ3v) is 10.0. The summed E-state index contributed by atoms with van der Waals surface area (Å²) in [5.41, 5.74) is 0. The van der Waals surface area contributed by atoms with Gasteiger partial charge in [0.2, 0.25) is 0 Å². The van der Waals surface area contributed by atoms with Crippen LogP contribution >= 0.6 is 7.82 Å². The molecule has 0 aliphatic rings. The number of nitrogens with zero attached hydrogens (tertiary/aromatic N) is 1. The largest absolute Gasteiger partial charge is 0.756 e. The van der Waals surface area contributed by atoms with E-state index in [1.165, 1.54) is 122 Å². The second-order valence-electron chi connectivity index (χ2n) is 15.4. The number of carbonyl (C=O) groups excluding carboxylic acids is 1. The van der Waals surface area contributed by atoms with Crippen molar-refractivity contribution in [2.24, 2.45) is 0 Å². The highest BCUT2D eigenvalue weighted by Gasteiger charge is 2.20. The van der Waals surface area contributed by atoms with Crippen molar-refractivity contribution in [2.45, 2.75) is 193 Å². The van der Waals surface area contributed by atoms with Crippen molar-refractivity contribution in [1.82, 2.24) is 0 Å². The molecule has 2 atom stereocenters. The molecule has 302 valence electrons. The lowest BCUT2D eigenvalue weighted by Crippen LogP contribution is -2.37. The van der Waals surface area contributed by atoms with Gasteiger partial charge in [-0.05, 0) is 51.0 Å². The molecule has 1 unspecified atom stereocenters. The number of allylic oxidation sites excluding steroid dienone is 3. The molecular formula is C42H82NO7P. The fourth-order valence-electron chi connectivity index (χ4n) is 5.74. The highest BCUT2D eigenvalue weighted by molar-refractivity contribution is 7.45. The Labute approximate surface area is 315 Å². The van der Waals surface area contributed by atoms with Gasteiger partial charge >= 0.3 is 5.97 Å². The maximum absolute atomic E-state index is 12.6. The van der Waals surface area contributed by atoms with Crippen LogP contribution in [0.4, 0.5) is 0 Å². The van der Waals surface area contributed by atoms with Crippen molar-refractivity contribution >= 4 is 13.8 Å². The Morgan fingerprint density at radius 3 is 1.53 bits per heavy atom. The van der Waals surface area contributed by atoms with Gasteiger partial charge in [0, 0.05) is 6.42 Å². The first-order valence-electron chi connectivity index (χ1n) is 21.1. The van der Waals surface area contributed by atoms with Crippen LogP contribution in [-0.2, 0) is 27.9 Å². The quantitative estimate of drug-likeness (QED) is 0.0154. The van der Waals surface area contributed by atoms with Crippen LogP contribution < -0.4 is 4.89 Å². The predicted octanol–water partition coefficient (Wildman–Crippen LogP) is 11.8. The lowest BCUT2D eigenvalue weighted by atomic mass is 10.0. The van der Waals surface area contributed by atoms with Crippen LogP contribution in [0.1, 0.15) is 187 Å². The van der Waals surface area contributed by atoms with Crippen molar-refractivity contribution in [2.75, 3.05) is 47.5 Å². The molecule has 0 spiro atoms. The molecule has 0 aromatic rings. The van der Waals surface area contributed by atoms with E-state index in [9.17, 15) is 14.3 Å². The fourth-order valence-corrected chi connectivity index (χ4v) is 6.47. The zero-order chi connectivity index (χ0) is 37.7. The maximum Gasteiger partial charge on any atom is 0.306 e. The highest BCUT2D eigenvalue weighted by atomic mass is 31.2. The summed E-state index contributed by atoms with van der Waals surface area (Å²) in [6, 6.07) is 0. The Bertz CT molecular complexity index is 874. The molecule has 0 aliphatic heterocycles. The van der Waals surface area contributed by atoms with Crippen LogP contribution in [-0.4, -0.2) is 64.1 Å². The number of esters is 1. The van der Waals surface area contributed by atoms with Crippen LogP contribution in [0, 0.1) is 0 Å². The number of phosphoric acid groups is 1. The summed E-state index contributed by atoms with van der Waals surface area (Å²) in [6.07, 6.45) is 39.9. The maximum atomic E-state index is 12.6. The summed E-state index contributed by atoms with van der Waals surface area (Å²) in [7, 11) is 1.32. The van der Waals surface area contributed by atoms with Gasteiger partial charge in [0.15, 0.2) is 6.10 Å². The van der Waals surface area contributed by atoms with E-state index in [0.29, 0.717) is 11.0 Å².